The van der Waals surface area contributed by atoms with Gasteiger partial charge in [0.1, 0.15) is 5.60 Å². The minimum atomic E-state index is -1.64. The van der Waals surface area contributed by atoms with E-state index in [0.717, 1.165) is 5.56 Å². The number of carbonyl (C=O) groups is 2. The van der Waals surface area contributed by atoms with Crippen LogP contribution < -0.4 is 9.47 Å². The van der Waals surface area contributed by atoms with Gasteiger partial charge in [-0.2, -0.15) is 5.26 Å². The van der Waals surface area contributed by atoms with Gasteiger partial charge in [-0.1, -0.05) is 30.3 Å². The number of ether oxygens (including phenoxy) is 3. The molecule has 0 aromatic heterocycles. The van der Waals surface area contributed by atoms with Crippen LogP contribution in [-0.2, 0) is 22.4 Å². The predicted molar refractivity (Wildman–Crippen MR) is 115 cm³/mol. The van der Waals surface area contributed by atoms with Crippen molar-refractivity contribution in [3.8, 4) is 17.6 Å². The monoisotopic (exact) mass is 421 g/mol. The topological polar surface area (TPSA) is 85.6 Å². The summed E-state index contributed by atoms with van der Waals surface area (Å²) in [6.07, 6.45) is 0.325. The standard InChI is InChI=1S/C25H27NO5/c1-24(2,3)31-23(28)25(18(15-26)11-16-9-7-6-8-10-16)14-17-12-20(29-4)21(30-5)13-19(17)22(25)27/h6-10,12-13,18H,11,14H2,1-5H3/t18?,25-/m0/s1. The molecule has 1 unspecified atom stereocenters. The van der Waals surface area contributed by atoms with Gasteiger partial charge in [0, 0.05) is 5.56 Å². The highest BCUT2D eigenvalue weighted by Crippen LogP contribution is 2.48. The molecule has 6 nitrogen and oxygen atoms in total. The summed E-state index contributed by atoms with van der Waals surface area (Å²) >= 11 is 0. The second-order valence-corrected chi connectivity index (χ2v) is 8.71. The molecule has 3 rings (SSSR count). The van der Waals surface area contributed by atoms with Gasteiger partial charge in [-0.15, -0.1) is 0 Å². The van der Waals surface area contributed by atoms with Crippen LogP contribution in [0.3, 0.4) is 0 Å². The van der Waals surface area contributed by atoms with E-state index in [1.165, 1.54) is 14.2 Å². The molecule has 2 atom stereocenters. The van der Waals surface area contributed by atoms with Crippen LogP contribution in [0.4, 0.5) is 0 Å². The molecule has 31 heavy (non-hydrogen) atoms. The van der Waals surface area contributed by atoms with Crippen molar-refractivity contribution in [3.63, 3.8) is 0 Å². The number of carbonyl (C=O) groups excluding carboxylic acids is 2. The third-order valence-corrected chi connectivity index (χ3v) is 5.52. The molecular formula is C25H27NO5. The van der Waals surface area contributed by atoms with Crippen molar-refractivity contribution >= 4 is 11.8 Å². The normalized spacial score (nSPS) is 18.6. The van der Waals surface area contributed by atoms with Crippen molar-refractivity contribution in [2.24, 2.45) is 11.3 Å². The van der Waals surface area contributed by atoms with Gasteiger partial charge in [-0.3, -0.25) is 9.59 Å². The van der Waals surface area contributed by atoms with Crippen molar-refractivity contribution in [2.75, 3.05) is 14.2 Å². The molecule has 0 amide bonds. The SMILES string of the molecule is COc1cc2c(cc1OC)C(=O)[C@@](C(=O)OC(C)(C)C)(C(C#N)Cc1ccccc1)C2. The van der Waals surface area contributed by atoms with Crippen LogP contribution in [0.5, 0.6) is 11.5 Å². The summed E-state index contributed by atoms with van der Waals surface area (Å²) in [6, 6.07) is 14.9. The molecule has 6 heteroatoms. The van der Waals surface area contributed by atoms with E-state index in [2.05, 4.69) is 6.07 Å². The van der Waals surface area contributed by atoms with E-state index in [1.807, 2.05) is 30.3 Å². The zero-order valence-corrected chi connectivity index (χ0v) is 18.5. The number of benzene rings is 2. The highest BCUT2D eigenvalue weighted by atomic mass is 16.6. The summed E-state index contributed by atoms with van der Waals surface area (Å²) in [6.45, 7) is 5.24. The molecule has 0 saturated heterocycles. The van der Waals surface area contributed by atoms with Crippen LogP contribution in [0.25, 0.3) is 0 Å². The van der Waals surface area contributed by atoms with Crippen molar-refractivity contribution in [1.82, 2.24) is 0 Å². The zero-order valence-electron chi connectivity index (χ0n) is 18.5. The van der Waals surface area contributed by atoms with Crippen LogP contribution >= 0.6 is 0 Å². The Morgan fingerprint density at radius 2 is 1.74 bits per heavy atom. The van der Waals surface area contributed by atoms with Gasteiger partial charge in [0.25, 0.3) is 0 Å². The summed E-state index contributed by atoms with van der Waals surface area (Å²) in [5.74, 6) is -1.14. The molecule has 0 radical (unpaired) electrons. The van der Waals surface area contributed by atoms with Crippen molar-refractivity contribution in [1.29, 1.82) is 5.26 Å². The fraction of sp³-hybridized carbons (Fsp3) is 0.400. The smallest absolute Gasteiger partial charge is 0.322 e. The molecule has 2 aromatic carbocycles. The van der Waals surface area contributed by atoms with Crippen molar-refractivity contribution in [3.05, 3.63) is 59.2 Å². The van der Waals surface area contributed by atoms with Gasteiger partial charge >= 0.3 is 5.97 Å². The van der Waals surface area contributed by atoms with Gasteiger partial charge in [0.05, 0.1) is 26.2 Å². The highest BCUT2D eigenvalue weighted by Gasteiger charge is 2.59. The highest BCUT2D eigenvalue weighted by molar-refractivity contribution is 6.17. The molecule has 1 aliphatic carbocycles. The Morgan fingerprint density at radius 1 is 1.13 bits per heavy atom. The average molecular weight is 421 g/mol. The van der Waals surface area contributed by atoms with Crippen LogP contribution in [0.1, 0.15) is 42.3 Å². The average Bonchev–Trinajstić information content (AvgIpc) is 3.03. The van der Waals surface area contributed by atoms with Gasteiger partial charge in [0.2, 0.25) is 0 Å². The Morgan fingerprint density at radius 3 is 2.29 bits per heavy atom. The summed E-state index contributed by atoms with van der Waals surface area (Å²) in [5.41, 5.74) is -0.576. The zero-order chi connectivity index (χ0) is 22.8. The van der Waals surface area contributed by atoms with E-state index >= 15 is 0 Å². The Hall–Kier alpha value is -3.33. The molecule has 0 N–H and O–H groups in total. The maximum absolute atomic E-state index is 13.8. The first-order chi connectivity index (χ1) is 14.7. The minimum Gasteiger partial charge on any atom is -0.493 e. The number of esters is 1. The maximum atomic E-state index is 13.8. The quantitative estimate of drug-likeness (QED) is 0.514. The third-order valence-electron chi connectivity index (χ3n) is 5.52. The number of hydrogen-bond acceptors (Lipinski definition) is 6. The number of rotatable bonds is 6. The first kappa shape index (κ1) is 22.4. The lowest BCUT2D eigenvalue weighted by Crippen LogP contribution is -2.48. The summed E-state index contributed by atoms with van der Waals surface area (Å²) in [5, 5.41) is 10.1. The van der Waals surface area contributed by atoms with Crippen molar-refractivity contribution in [2.45, 2.75) is 39.2 Å². The van der Waals surface area contributed by atoms with Crippen LogP contribution in [0.15, 0.2) is 42.5 Å². The van der Waals surface area contributed by atoms with E-state index in [4.69, 9.17) is 14.2 Å². The van der Waals surface area contributed by atoms with Gasteiger partial charge in [0.15, 0.2) is 22.7 Å². The fourth-order valence-corrected chi connectivity index (χ4v) is 4.04. The molecule has 0 saturated carbocycles. The predicted octanol–water partition coefficient (Wildman–Crippen LogP) is 4.15. The number of Topliss-reactive ketones (excluding diaryl/α,β-unsaturated/α-hetero) is 1. The second-order valence-electron chi connectivity index (χ2n) is 8.71. The van der Waals surface area contributed by atoms with E-state index in [9.17, 15) is 14.9 Å². The summed E-state index contributed by atoms with van der Waals surface area (Å²) in [4.78, 5) is 27.3. The lowest BCUT2D eigenvalue weighted by Gasteiger charge is -2.33. The van der Waals surface area contributed by atoms with Crippen LogP contribution in [0.2, 0.25) is 0 Å². The number of fused-ring (bicyclic) bond motifs is 1. The van der Waals surface area contributed by atoms with Crippen LogP contribution in [0, 0.1) is 22.7 Å². The van der Waals surface area contributed by atoms with Gasteiger partial charge < -0.3 is 14.2 Å². The number of methoxy groups -OCH3 is 2. The molecule has 1 aliphatic rings. The van der Waals surface area contributed by atoms with Gasteiger partial charge in [-0.25, -0.2) is 0 Å². The summed E-state index contributed by atoms with van der Waals surface area (Å²) in [7, 11) is 2.99. The van der Waals surface area contributed by atoms with Crippen molar-refractivity contribution < 1.29 is 23.8 Å². The molecule has 0 aliphatic heterocycles. The largest absolute Gasteiger partial charge is 0.493 e. The molecule has 0 heterocycles. The molecule has 0 bridgehead atoms. The molecule has 2 aromatic rings. The number of hydrogen-bond donors (Lipinski definition) is 0. The fourth-order valence-electron chi connectivity index (χ4n) is 4.04. The van der Waals surface area contributed by atoms with E-state index in [-0.39, 0.29) is 12.8 Å². The number of ketones is 1. The summed E-state index contributed by atoms with van der Waals surface area (Å²) < 4.78 is 16.4. The minimum absolute atomic E-state index is 0.0709. The second kappa shape index (κ2) is 8.43. The Bertz CT molecular complexity index is 1030. The lowest BCUT2D eigenvalue weighted by molar-refractivity contribution is -0.166. The number of nitriles is 1. The molecule has 162 valence electrons. The van der Waals surface area contributed by atoms with E-state index in [0.29, 0.717) is 22.6 Å². The maximum Gasteiger partial charge on any atom is 0.322 e. The first-order valence-electron chi connectivity index (χ1n) is 10.1. The Balaban J connectivity index is 2.13. The Labute approximate surface area is 182 Å². The molecule has 0 fully saturated rings. The van der Waals surface area contributed by atoms with Crippen LogP contribution in [-0.4, -0.2) is 31.6 Å². The Kier molecular flexibility index (Phi) is 6.08. The van der Waals surface area contributed by atoms with E-state index < -0.39 is 28.7 Å². The molecular weight excluding hydrogens is 394 g/mol. The first-order valence-corrected chi connectivity index (χ1v) is 10.1. The number of nitrogens with zero attached hydrogens (tertiary/aromatic N) is 1. The van der Waals surface area contributed by atoms with Gasteiger partial charge in [-0.05, 0) is 56.9 Å². The lowest BCUT2D eigenvalue weighted by atomic mass is 9.70. The van der Waals surface area contributed by atoms with E-state index in [1.54, 1.807) is 32.9 Å². The molecule has 0 spiro atoms. The third kappa shape index (κ3) is 4.13.